The van der Waals surface area contributed by atoms with Crippen molar-refractivity contribution in [1.82, 2.24) is 5.32 Å². The van der Waals surface area contributed by atoms with E-state index in [0.717, 1.165) is 17.0 Å². The van der Waals surface area contributed by atoms with E-state index in [4.69, 9.17) is 17.0 Å². The minimum atomic E-state index is -2.17. The summed E-state index contributed by atoms with van der Waals surface area (Å²) >= 11 is 5.24. The first kappa shape index (κ1) is 28.1. The third kappa shape index (κ3) is 6.39. The molecule has 1 fully saturated rings. The van der Waals surface area contributed by atoms with Crippen molar-refractivity contribution in [2.24, 2.45) is 0 Å². The van der Waals surface area contributed by atoms with Crippen molar-refractivity contribution < 1.29 is 31.5 Å². The van der Waals surface area contributed by atoms with E-state index in [2.05, 4.69) is 10.6 Å². The summed E-state index contributed by atoms with van der Waals surface area (Å²) in [6.45, 7) is 3.29. The van der Waals surface area contributed by atoms with Gasteiger partial charge in [0.2, 0.25) is 5.82 Å². The Kier molecular flexibility index (Phi) is 8.85. The molecule has 0 bridgehead atoms. The van der Waals surface area contributed by atoms with Crippen LogP contribution in [0.4, 0.5) is 39.0 Å². The van der Waals surface area contributed by atoms with Gasteiger partial charge in [-0.05, 0) is 67.2 Å². The fourth-order valence-electron chi connectivity index (χ4n) is 4.07. The Balaban J connectivity index is 1.31. The van der Waals surface area contributed by atoms with Gasteiger partial charge in [0.1, 0.15) is 11.4 Å². The van der Waals surface area contributed by atoms with Crippen LogP contribution in [-0.4, -0.2) is 43.8 Å². The molecule has 3 aromatic rings. The Morgan fingerprint density at radius 3 is 1.92 bits per heavy atom. The number of amides is 1. The largest absolute Gasteiger partial charge is 0.494 e. The van der Waals surface area contributed by atoms with Gasteiger partial charge >= 0.3 is 0 Å². The van der Waals surface area contributed by atoms with Gasteiger partial charge in [0.25, 0.3) is 5.91 Å². The van der Waals surface area contributed by atoms with Crippen molar-refractivity contribution in [2.45, 2.75) is 13.3 Å². The molecule has 0 unspecified atom stereocenters. The van der Waals surface area contributed by atoms with Gasteiger partial charge < -0.3 is 19.9 Å². The predicted molar refractivity (Wildman–Crippen MR) is 143 cm³/mol. The number of nitrogens with one attached hydrogen (secondary N) is 2. The van der Waals surface area contributed by atoms with Crippen LogP contribution < -0.4 is 25.2 Å². The van der Waals surface area contributed by atoms with E-state index in [9.17, 15) is 26.7 Å². The van der Waals surface area contributed by atoms with Crippen LogP contribution in [0.5, 0.6) is 5.75 Å². The lowest BCUT2D eigenvalue weighted by Crippen LogP contribution is -2.47. The molecule has 3 aromatic carbocycles. The molecule has 1 aliphatic heterocycles. The number of thiocarbonyl (C=S) groups is 1. The molecule has 4 rings (SSSR count). The Hall–Kier alpha value is -3.93. The second-order valence-electron chi connectivity index (χ2n) is 8.72. The van der Waals surface area contributed by atoms with Crippen molar-refractivity contribution in [3.8, 4) is 5.75 Å². The Bertz CT molecular complexity index is 1320. The second-order valence-corrected chi connectivity index (χ2v) is 9.13. The molecule has 0 aliphatic carbocycles. The summed E-state index contributed by atoms with van der Waals surface area (Å²) in [6, 6.07) is 13.8. The Morgan fingerprint density at radius 2 is 1.36 bits per heavy atom. The number of hydrogen-bond acceptors (Lipinski definition) is 5. The van der Waals surface area contributed by atoms with E-state index >= 15 is 0 Å². The van der Waals surface area contributed by atoms with Crippen LogP contribution in [0.1, 0.15) is 23.7 Å². The highest BCUT2D eigenvalue weighted by Gasteiger charge is 2.30. The molecule has 0 saturated carbocycles. The van der Waals surface area contributed by atoms with Gasteiger partial charge in [-0.3, -0.25) is 10.1 Å². The summed E-state index contributed by atoms with van der Waals surface area (Å²) in [4.78, 5) is 15.5. The van der Waals surface area contributed by atoms with Crippen LogP contribution in [0.25, 0.3) is 0 Å². The number of carbonyl (C=O) groups is 1. The third-order valence-electron chi connectivity index (χ3n) is 6.09. The average molecular weight is 565 g/mol. The fourth-order valence-corrected chi connectivity index (χ4v) is 4.29. The summed E-state index contributed by atoms with van der Waals surface area (Å²) < 4.78 is 74.4. The molecule has 6 nitrogen and oxygen atoms in total. The first-order valence-electron chi connectivity index (χ1n) is 12.2. The summed E-state index contributed by atoms with van der Waals surface area (Å²) in [7, 11) is 0. The highest BCUT2D eigenvalue weighted by atomic mass is 32.1. The van der Waals surface area contributed by atoms with Gasteiger partial charge in [0.05, 0.1) is 6.61 Å². The van der Waals surface area contributed by atoms with Gasteiger partial charge in [-0.1, -0.05) is 6.92 Å². The lowest BCUT2D eigenvalue weighted by atomic mass is 10.2. The zero-order chi connectivity index (χ0) is 28.1. The van der Waals surface area contributed by atoms with Crippen molar-refractivity contribution in [3.05, 3.63) is 83.2 Å². The summed E-state index contributed by atoms with van der Waals surface area (Å²) in [5.41, 5.74) is 0.913. The first-order chi connectivity index (χ1) is 18.7. The SMILES string of the molecule is CCCOc1ccc(C(=O)NC(=S)Nc2ccc(N3CCN(c4c(F)c(F)c(F)c(F)c4F)CC3)cc2)cc1. The molecule has 0 aromatic heterocycles. The number of ether oxygens (including phenoxy) is 1. The molecule has 1 saturated heterocycles. The Labute approximate surface area is 227 Å². The van der Waals surface area contributed by atoms with Gasteiger partial charge in [0, 0.05) is 43.1 Å². The molecule has 1 aliphatic rings. The van der Waals surface area contributed by atoms with E-state index in [1.54, 1.807) is 48.5 Å². The number of rotatable bonds is 7. The molecule has 12 heteroatoms. The van der Waals surface area contributed by atoms with Crippen LogP contribution in [0.3, 0.4) is 0 Å². The van der Waals surface area contributed by atoms with E-state index in [1.807, 2.05) is 11.8 Å². The van der Waals surface area contributed by atoms with Gasteiger partial charge in [0.15, 0.2) is 28.4 Å². The first-order valence-corrected chi connectivity index (χ1v) is 12.6. The fraction of sp³-hybridized carbons (Fsp3) is 0.259. The highest BCUT2D eigenvalue weighted by Crippen LogP contribution is 2.31. The molecule has 0 radical (unpaired) electrons. The molecule has 0 spiro atoms. The minimum absolute atomic E-state index is 0.0557. The summed E-state index contributed by atoms with van der Waals surface area (Å²) in [6.07, 6.45) is 0.879. The number of hydrogen-bond donors (Lipinski definition) is 2. The van der Waals surface area contributed by atoms with Gasteiger partial charge in [-0.2, -0.15) is 0 Å². The zero-order valence-electron chi connectivity index (χ0n) is 20.9. The zero-order valence-corrected chi connectivity index (χ0v) is 21.7. The normalized spacial score (nSPS) is 13.3. The van der Waals surface area contributed by atoms with E-state index < -0.39 is 34.8 Å². The molecule has 39 heavy (non-hydrogen) atoms. The maximum Gasteiger partial charge on any atom is 0.257 e. The number of halogens is 5. The van der Waals surface area contributed by atoms with E-state index in [-0.39, 0.29) is 24.1 Å². The lowest BCUT2D eigenvalue weighted by molar-refractivity contribution is 0.0977. The van der Waals surface area contributed by atoms with Crippen molar-refractivity contribution >= 4 is 40.3 Å². The monoisotopic (exact) mass is 564 g/mol. The maximum absolute atomic E-state index is 14.2. The highest BCUT2D eigenvalue weighted by molar-refractivity contribution is 7.80. The smallest absolute Gasteiger partial charge is 0.257 e. The molecule has 1 heterocycles. The minimum Gasteiger partial charge on any atom is -0.494 e. The Morgan fingerprint density at radius 1 is 0.821 bits per heavy atom. The molecule has 2 N–H and O–H groups in total. The quantitative estimate of drug-likeness (QED) is 0.168. The standard InChI is InChI=1S/C27H25F5N4O2S/c1-2-15-38-19-9-3-16(4-10-19)26(37)34-27(39)33-17-5-7-18(8-6-17)35-11-13-36(14-12-35)25-23(31)21(29)20(28)22(30)24(25)32/h3-10H,2,11-15H2,1H3,(H2,33,34,37,39). The van der Waals surface area contributed by atoms with Crippen LogP contribution in [0.2, 0.25) is 0 Å². The molecule has 0 atom stereocenters. The van der Waals surface area contributed by atoms with Crippen molar-refractivity contribution in [3.63, 3.8) is 0 Å². The predicted octanol–water partition coefficient (Wildman–Crippen LogP) is 5.62. The molecular formula is C27H25F5N4O2S. The third-order valence-corrected chi connectivity index (χ3v) is 6.29. The molecule has 206 valence electrons. The molecule has 1 amide bonds. The second kappa shape index (κ2) is 12.3. The van der Waals surface area contributed by atoms with Crippen molar-refractivity contribution in [1.29, 1.82) is 0 Å². The number of anilines is 3. The lowest BCUT2D eigenvalue weighted by Gasteiger charge is -2.37. The van der Waals surface area contributed by atoms with E-state index in [1.165, 1.54) is 0 Å². The van der Waals surface area contributed by atoms with Crippen molar-refractivity contribution in [2.75, 3.05) is 47.9 Å². The van der Waals surface area contributed by atoms with Crippen LogP contribution in [0.15, 0.2) is 48.5 Å². The van der Waals surface area contributed by atoms with E-state index in [0.29, 0.717) is 36.7 Å². The topological polar surface area (TPSA) is 56.8 Å². The average Bonchev–Trinajstić information content (AvgIpc) is 2.95. The van der Waals surface area contributed by atoms with Gasteiger partial charge in [-0.25, -0.2) is 22.0 Å². The van der Waals surface area contributed by atoms with Gasteiger partial charge in [-0.15, -0.1) is 0 Å². The van der Waals surface area contributed by atoms with Crippen LogP contribution in [-0.2, 0) is 0 Å². The number of nitrogens with zero attached hydrogens (tertiary/aromatic N) is 2. The number of benzene rings is 3. The number of carbonyl (C=O) groups excluding carboxylic acids is 1. The van der Waals surface area contributed by atoms with Crippen LogP contribution >= 0.6 is 12.2 Å². The maximum atomic E-state index is 14.2. The summed E-state index contributed by atoms with van der Waals surface area (Å²) in [5, 5.41) is 5.65. The summed E-state index contributed by atoms with van der Waals surface area (Å²) in [5.74, 6) is -9.47. The number of piperazine rings is 1. The van der Waals surface area contributed by atoms with Crippen LogP contribution in [0, 0.1) is 29.1 Å². The molecular weight excluding hydrogens is 539 g/mol.